The van der Waals surface area contributed by atoms with Gasteiger partial charge in [0.05, 0.1) is 0 Å². The molecule has 0 bridgehead atoms. The minimum absolute atomic E-state index is 0.139. The van der Waals surface area contributed by atoms with Gasteiger partial charge in [-0.25, -0.2) is 0 Å². The zero-order chi connectivity index (χ0) is 12.9. The molecule has 0 aliphatic carbocycles. The molecule has 94 valence electrons. The molecule has 0 aliphatic rings. The Morgan fingerprint density at radius 3 is 2.18 bits per heavy atom. The lowest BCUT2D eigenvalue weighted by Gasteiger charge is -2.18. The zero-order valence-corrected chi connectivity index (χ0v) is 11.7. The number of rotatable bonds is 5. The summed E-state index contributed by atoms with van der Waals surface area (Å²) in [7, 11) is 0. The van der Waals surface area contributed by atoms with Crippen LogP contribution in [-0.4, -0.2) is 11.7 Å². The van der Waals surface area contributed by atoms with Crippen LogP contribution in [0.15, 0.2) is 24.3 Å². The average molecular weight is 253 g/mol. The predicted molar refractivity (Wildman–Crippen MR) is 74.0 cm³/mol. The van der Waals surface area contributed by atoms with E-state index in [2.05, 4.69) is 32.9 Å². The fourth-order valence-electron chi connectivity index (χ4n) is 1.68. The highest BCUT2D eigenvalue weighted by molar-refractivity contribution is 6.17. The lowest BCUT2D eigenvalue weighted by atomic mass is 9.86. The van der Waals surface area contributed by atoms with Gasteiger partial charge in [0.2, 0.25) is 0 Å². The SMILES string of the molecule is CC(C)(C)c1ccc(C(=O)CCCCCl)cc1. The second-order valence-electron chi connectivity index (χ2n) is 5.40. The van der Waals surface area contributed by atoms with Crippen molar-refractivity contribution in [2.45, 2.75) is 45.4 Å². The lowest BCUT2D eigenvalue weighted by Crippen LogP contribution is -2.11. The van der Waals surface area contributed by atoms with E-state index in [-0.39, 0.29) is 11.2 Å². The summed E-state index contributed by atoms with van der Waals surface area (Å²) >= 11 is 5.59. The van der Waals surface area contributed by atoms with Crippen molar-refractivity contribution in [2.24, 2.45) is 0 Å². The molecule has 0 N–H and O–H groups in total. The molecule has 0 amide bonds. The number of carbonyl (C=O) groups excluding carboxylic acids is 1. The van der Waals surface area contributed by atoms with Gasteiger partial charge in [-0.05, 0) is 23.8 Å². The number of hydrogen-bond donors (Lipinski definition) is 0. The van der Waals surface area contributed by atoms with Gasteiger partial charge in [0.1, 0.15) is 0 Å². The maximum absolute atomic E-state index is 11.8. The third-order valence-corrected chi connectivity index (χ3v) is 3.13. The first-order valence-electron chi connectivity index (χ1n) is 6.15. The fraction of sp³-hybridized carbons (Fsp3) is 0.533. The molecule has 0 radical (unpaired) electrons. The Balaban J connectivity index is 2.64. The number of unbranched alkanes of at least 4 members (excludes halogenated alkanes) is 1. The summed E-state index contributed by atoms with van der Waals surface area (Å²) in [6.07, 6.45) is 2.39. The Morgan fingerprint density at radius 1 is 1.12 bits per heavy atom. The highest BCUT2D eigenvalue weighted by Crippen LogP contribution is 2.22. The Labute approximate surface area is 109 Å². The fourth-order valence-corrected chi connectivity index (χ4v) is 1.87. The molecule has 0 aromatic heterocycles. The van der Waals surface area contributed by atoms with E-state index in [1.165, 1.54) is 5.56 Å². The van der Waals surface area contributed by atoms with Crippen molar-refractivity contribution >= 4 is 17.4 Å². The van der Waals surface area contributed by atoms with Crippen molar-refractivity contribution in [3.63, 3.8) is 0 Å². The van der Waals surface area contributed by atoms with Gasteiger partial charge < -0.3 is 0 Å². The number of carbonyl (C=O) groups is 1. The van der Waals surface area contributed by atoms with Gasteiger partial charge in [-0.3, -0.25) is 4.79 Å². The van der Waals surface area contributed by atoms with E-state index in [9.17, 15) is 4.79 Å². The third-order valence-electron chi connectivity index (χ3n) is 2.86. The molecule has 0 fully saturated rings. The van der Waals surface area contributed by atoms with E-state index in [4.69, 9.17) is 11.6 Å². The van der Waals surface area contributed by atoms with Crippen LogP contribution in [0.3, 0.4) is 0 Å². The van der Waals surface area contributed by atoms with Crippen molar-refractivity contribution in [2.75, 3.05) is 5.88 Å². The quantitative estimate of drug-likeness (QED) is 0.426. The van der Waals surface area contributed by atoms with Gasteiger partial charge in [0.25, 0.3) is 0 Å². The van der Waals surface area contributed by atoms with Gasteiger partial charge in [-0.2, -0.15) is 0 Å². The summed E-state index contributed by atoms with van der Waals surface area (Å²) < 4.78 is 0. The molecule has 1 rings (SSSR count). The maximum atomic E-state index is 11.8. The van der Waals surface area contributed by atoms with Crippen LogP contribution in [0.1, 0.15) is 56.0 Å². The highest BCUT2D eigenvalue weighted by atomic mass is 35.5. The van der Waals surface area contributed by atoms with Gasteiger partial charge in [0.15, 0.2) is 5.78 Å². The van der Waals surface area contributed by atoms with Crippen LogP contribution in [0.25, 0.3) is 0 Å². The number of alkyl halides is 1. The summed E-state index contributed by atoms with van der Waals surface area (Å²) in [6.45, 7) is 6.51. The van der Waals surface area contributed by atoms with Gasteiger partial charge in [-0.1, -0.05) is 45.0 Å². The van der Waals surface area contributed by atoms with Crippen molar-refractivity contribution in [1.29, 1.82) is 0 Å². The van der Waals surface area contributed by atoms with Crippen LogP contribution in [0, 0.1) is 0 Å². The first kappa shape index (κ1) is 14.2. The first-order valence-corrected chi connectivity index (χ1v) is 6.68. The van der Waals surface area contributed by atoms with E-state index in [1.807, 2.05) is 12.1 Å². The average Bonchev–Trinajstić information content (AvgIpc) is 2.28. The van der Waals surface area contributed by atoms with Gasteiger partial charge in [0, 0.05) is 17.9 Å². The molecule has 17 heavy (non-hydrogen) atoms. The number of ketones is 1. The number of halogens is 1. The Kier molecular flexibility index (Phi) is 5.20. The summed E-state index contributed by atoms with van der Waals surface area (Å²) in [5.74, 6) is 0.853. The maximum Gasteiger partial charge on any atom is 0.162 e. The molecule has 0 saturated heterocycles. The molecule has 0 unspecified atom stereocenters. The summed E-state index contributed by atoms with van der Waals surface area (Å²) in [4.78, 5) is 11.8. The molecule has 1 nitrogen and oxygen atoms in total. The monoisotopic (exact) mass is 252 g/mol. The van der Waals surface area contributed by atoms with E-state index in [1.54, 1.807) is 0 Å². The number of Topliss-reactive ketones (excluding diaryl/α,β-unsaturated/α-hetero) is 1. The van der Waals surface area contributed by atoms with Crippen molar-refractivity contribution in [3.8, 4) is 0 Å². The molecule has 0 saturated carbocycles. The molecule has 0 heterocycles. The predicted octanol–water partition coefficient (Wildman–Crippen LogP) is 4.58. The third kappa shape index (κ3) is 4.51. The summed E-state index contributed by atoms with van der Waals surface area (Å²) in [6, 6.07) is 7.97. The van der Waals surface area contributed by atoms with Crippen LogP contribution in [0.2, 0.25) is 0 Å². The minimum atomic E-state index is 0.139. The van der Waals surface area contributed by atoms with Crippen molar-refractivity contribution in [3.05, 3.63) is 35.4 Å². The molecule has 1 aromatic carbocycles. The largest absolute Gasteiger partial charge is 0.294 e. The number of hydrogen-bond acceptors (Lipinski definition) is 1. The van der Waals surface area contributed by atoms with Crippen LogP contribution in [-0.2, 0) is 5.41 Å². The first-order chi connectivity index (χ1) is 7.95. The summed E-state index contributed by atoms with van der Waals surface area (Å²) in [5, 5.41) is 0. The zero-order valence-electron chi connectivity index (χ0n) is 10.9. The van der Waals surface area contributed by atoms with Gasteiger partial charge in [-0.15, -0.1) is 11.6 Å². The molecular formula is C15H21ClO. The Bertz CT molecular complexity index is 360. The van der Waals surface area contributed by atoms with Crippen LogP contribution < -0.4 is 0 Å². The smallest absolute Gasteiger partial charge is 0.162 e. The van der Waals surface area contributed by atoms with Crippen LogP contribution in [0.4, 0.5) is 0 Å². The second kappa shape index (κ2) is 6.20. The summed E-state index contributed by atoms with van der Waals surface area (Å²) in [5.41, 5.74) is 2.21. The molecular weight excluding hydrogens is 232 g/mol. The Morgan fingerprint density at radius 2 is 1.71 bits per heavy atom. The highest BCUT2D eigenvalue weighted by Gasteiger charge is 2.14. The molecule has 1 aromatic rings. The minimum Gasteiger partial charge on any atom is -0.294 e. The number of benzene rings is 1. The molecule has 0 atom stereocenters. The standard InChI is InChI=1S/C15H21ClO/c1-15(2,3)13-9-7-12(8-10-13)14(17)6-4-5-11-16/h7-10H,4-6,11H2,1-3H3. The molecule has 2 heteroatoms. The van der Waals surface area contributed by atoms with Crippen molar-refractivity contribution in [1.82, 2.24) is 0 Å². The molecule has 0 aliphatic heterocycles. The molecule has 0 spiro atoms. The van der Waals surface area contributed by atoms with E-state index >= 15 is 0 Å². The van der Waals surface area contributed by atoms with Crippen LogP contribution >= 0.6 is 11.6 Å². The topological polar surface area (TPSA) is 17.1 Å². The second-order valence-corrected chi connectivity index (χ2v) is 5.77. The van der Waals surface area contributed by atoms with E-state index < -0.39 is 0 Å². The van der Waals surface area contributed by atoms with Gasteiger partial charge >= 0.3 is 0 Å². The van der Waals surface area contributed by atoms with Crippen molar-refractivity contribution < 1.29 is 4.79 Å². The Hall–Kier alpha value is -0.820. The normalized spacial score (nSPS) is 11.5. The lowest BCUT2D eigenvalue weighted by molar-refractivity contribution is 0.0980. The van der Waals surface area contributed by atoms with Crippen LogP contribution in [0.5, 0.6) is 0 Å². The van der Waals surface area contributed by atoms with E-state index in [0.717, 1.165) is 18.4 Å². The van der Waals surface area contributed by atoms with E-state index in [0.29, 0.717) is 12.3 Å².